The van der Waals surface area contributed by atoms with Gasteiger partial charge in [0, 0.05) is 23.3 Å². The maximum atomic E-state index is 12.4. The maximum Gasteiger partial charge on any atom is 0.274 e. The fourth-order valence-electron chi connectivity index (χ4n) is 2.93. The Hall–Kier alpha value is -2.56. The predicted molar refractivity (Wildman–Crippen MR) is 87.2 cm³/mol. The molecule has 0 bridgehead atoms. The van der Waals surface area contributed by atoms with Crippen molar-refractivity contribution in [2.24, 2.45) is 5.73 Å². The van der Waals surface area contributed by atoms with Crippen molar-refractivity contribution in [1.29, 1.82) is 0 Å². The van der Waals surface area contributed by atoms with Crippen LogP contribution >= 0.6 is 0 Å². The van der Waals surface area contributed by atoms with Crippen LogP contribution in [0, 0.1) is 0 Å². The average molecular weight is 296 g/mol. The standard InChI is InChI=1S/C17H20N4O/c1-11-6-5-9-13-16(11)20-21(17(13)19)15(22)10-14(18)12-7-3-2-4-8-12/h2-4,7-8,10-11H,5-6,9,18-19H2,1H3. The number of nitrogens with zero attached hydrogens (tertiary/aromatic N) is 2. The Bertz CT molecular complexity index is 731. The number of hydrogen-bond donors (Lipinski definition) is 2. The highest BCUT2D eigenvalue weighted by Gasteiger charge is 2.25. The van der Waals surface area contributed by atoms with Gasteiger partial charge in [-0.15, -0.1) is 0 Å². The zero-order valence-corrected chi connectivity index (χ0v) is 12.6. The van der Waals surface area contributed by atoms with E-state index in [1.165, 1.54) is 10.8 Å². The Labute approximate surface area is 129 Å². The van der Waals surface area contributed by atoms with E-state index in [0.717, 1.165) is 36.1 Å². The SMILES string of the molecule is CC1CCCc2c1nn(C(=O)C=C(N)c1ccccc1)c2N. The molecule has 1 aliphatic carbocycles. The number of anilines is 1. The summed E-state index contributed by atoms with van der Waals surface area (Å²) in [5, 5.41) is 4.42. The van der Waals surface area contributed by atoms with Gasteiger partial charge in [0.1, 0.15) is 5.82 Å². The van der Waals surface area contributed by atoms with Crippen molar-refractivity contribution in [1.82, 2.24) is 9.78 Å². The summed E-state index contributed by atoms with van der Waals surface area (Å²) in [6, 6.07) is 9.38. The summed E-state index contributed by atoms with van der Waals surface area (Å²) in [5.74, 6) is 0.486. The van der Waals surface area contributed by atoms with Gasteiger partial charge in [0.05, 0.1) is 5.69 Å². The Morgan fingerprint density at radius 1 is 1.36 bits per heavy atom. The first-order valence-electron chi connectivity index (χ1n) is 7.52. The molecule has 1 aromatic carbocycles. The number of hydrogen-bond acceptors (Lipinski definition) is 4. The summed E-state index contributed by atoms with van der Waals surface area (Å²) in [6.07, 6.45) is 4.44. The highest BCUT2D eigenvalue weighted by Crippen LogP contribution is 2.33. The van der Waals surface area contributed by atoms with Crippen LogP contribution in [0.1, 0.15) is 47.3 Å². The van der Waals surface area contributed by atoms with Crippen LogP contribution in [0.3, 0.4) is 0 Å². The van der Waals surface area contributed by atoms with Crippen LogP contribution < -0.4 is 11.5 Å². The summed E-state index contributed by atoms with van der Waals surface area (Å²) in [5.41, 5.74) is 15.3. The summed E-state index contributed by atoms with van der Waals surface area (Å²) < 4.78 is 1.28. The van der Waals surface area contributed by atoms with Crippen LogP contribution in [-0.2, 0) is 6.42 Å². The molecule has 2 aromatic rings. The van der Waals surface area contributed by atoms with E-state index in [2.05, 4.69) is 12.0 Å². The maximum absolute atomic E-state index is 12.4. The fraction of sp³-hybridized carbons (Fsp3) is 0.294. The van der Waals surface area contributed by atoms with Gasteiger partial charge in [-0.1, -0.05) is 37.3 Å². The lowest BCUT2D eigenvalue weighted by atomic mass is 9.89. The lowest BCUT2D eigenvalue weighted by Gasteiger charge is -2.16. The molecule has 5 heteroatoms. The molecular formula is C17H20N4O. The van der Waals surface area contributed by atoms with Gasteiger partial charge in [0.2, 0.25) is 0 Å². The number of nitrogens with two attached hydrogens (primary N) is 2. The van der Waals surface area contributed by atoms with Gasteiger partial charge in [0.15, 0.2) is 0 Å². The Balaban J connectivity index is 1.93. The molecule has 1 aliphatic rings. The minimum Gasteiger partial charge on any atom is -0.398 e. The number of benzene rings is 1. The van der Waals surface area contributed by atoms with Crippen molar-refractivity contribution < 1.29 is 4.79 Å². The minimum absolute atomic E-state index is 0.305. The summed E-state index contributed by atoms with van der Waals surface area (Å²) in [7, 11) is 0. The van der Waals surface area contributed by atoms with Crippen LogP contribution in [0.25, 0.3) is 5.70 Å². The number of fused-ring (bicyclic) bond motifs is 1. The third-order valence-corrected chi connectivity index (χ3v) is 4.18. The molecule has 0 spiro atoms. The lowest BCUT2D eigenvalue weighted by molar-refractivity contribution is 0.0957. The molecule has 1 atom stereocenters. The van der Waals surface area contributed by atoms with Crippen molar-refractivity contribution in [3.8, 4) is 0 Å². The minimum atomic E-state index is -0.305. The molecular weight excluding hydrogens is 276 g/mol. The Morgan fingerprint density at radius 3 is 2.77 bits per heavy atom. The number of allylic oxidation sites excluding steroid dienone is 1. The summed E-state index contributed by atoms with van der Waals surface area (Å²) in [6.45, 7) is 2.12. The number of carbonyl (C=O) groups is 1. The van der Waals surface area contributed by atoms with Gasteiger partial charge in [-0.05, 0) is 24.8 Å². The first kappa shape index (κ1) is 14.4. The van der Waals surface area contributed by atoms with E-state index < -0.39 is 0 Å². The molecule has 3 rings (SSSR count). The second-order valence-electron chi connectivity index (χ2n) is 5.76. The van der Waals surface area contributed by atoms with Crippen molar-refractivity contribution >= 4 is 17.4 Å². The van der Waals surface area contributed by atoms with Crippen molar-refractivity contribution in [2.45, 2.75) is 32.1 Å². The zero-order chi connectivity index (χ0) is 15.7. The van der Waals surface area contributed by atoms with Crippen LogP contribution in [0.15, 0.2) is 36.4 Å². The van der Waals surface area contributed by atoms with Crippen LogP contribution in [-0.4, -0.2) is 15.7 Å². The fourth-order valence-corrected chi connectivity index (χ4v) is 2.93. The number of nitrogen functional groups attached to an aromatic ring is 1. The second kappa shape index (κ2) is 5.67. The van der Waals surface area contributed by atoms with Crippen LogP contribution in [0.2, 0.25) is 0 Å². The molecule has 1 unspecified atom stereocenters. The van der Waals surface area contributed by atoms with Gasteiger partial charge in [-0.25, -0.2) is 0 Å². The summed E-state index contributed by atoms with van der Waals surface area (Å²) in [4.78, 5) is 12.4. The largest absolute Gasteiger partial charge is 0.398 e. The first-order chi connectivity index (χ1) is 10.6. The zero-order valence-electron chi connectivity index (χ0n) is 12.6. The second-order valence-corrected chi connectivity index (χ2v) is 5.76. The van der Waals surface area contributed by atoms with Gasteiger partial charge in [-0.3, -0.25) is 4.79 Å². The number of rotatable bonds is 2. The topological polar surface area (TPSA) is 86.9 Å². The van der Waals surface area contributed by atoms with Crippen molar-refractivity contribution in [2.75, 3.05) is 5.73 Å². The molecule has 4 N–H and O–H groups in total. The molecule has 114 valence electrons. The molecule has 5 nitrogen and oxygen atoms in total. The highest BCUT2D eigenvalue weighted by molar-refractivity contribution is 5.97. The quantitative estimate of drug-likeness (QED) is 0.834. The molecule has 0 aliphatic heterocycles. The van der Waals surface area contributed by atoms with Gasteiger partial charge < -0.3 is 11.5 Å². The van der Waals surface area contributed by atoms with E-state index in [1.54, 1.807) is 0 Å². The van der Waals surface area contributed by atoms with Gasteiger partial charge >= 0.3 is 0 Å². The first-order valence-corrected chi connectivity index (χ1v) is 7.52. The Morgan fingerprint density at radius 2 is 2.09 bits per heavy atom. The average Bonchev–Trinajstić information content (AvgIpc) is 2.87. The highest BCUT2D eigenvalue weighted by atomic mass is 16.2. The molecule has 0 saturated carbocycles. The van der Waals surface area contributed by atoms with E-state index in [9.17, 15) is 4.79 Å². The lowest BCUT2D eigenvalue weighted by Crippen LogP contribution is -2.14. The Kier molecular flexibility index (Phi) is 3.71. The van der Waals surface area contributed by atoms with Crippen LogP contribution in [0.4, 0.5) is 5.82 Å². The molecule has 1 heterocycles. The number of aromatic nitrogens is 2. The van der Waals surface area contributed by atoms with Crippen LogP contribution in [0.5, 0.6) is 0 Å². The third kappa shape index (κ3) is 2.50. The molecule has 0 saturated heterocycles. The van der Waals surface area contributed by atoms with Gasteiger partial charge in [-0.2, -0.15) is 9.78 Å². The number of carbonyl (C=O) groups excluding carboxylic acids is 1. The van der Waals surface area contributed by atoms with Crippen molar-refractivity contribution in [3.05, 3.63) is 53.2 Å². The van der Waals surface area contributed by atoms with E-state index in [0.29, 0.717) is 17.4 Å². The molecule has 0 fully saturated rings. The van der Waals surface area contributed by atoms with E-state index in [4.69, 9.17) is 11.5 Å². The molecule has 0 radical (unpaired) electrons. The van der Waals surface area contributed by atoms with E-state index in [1.807, 2.05) is 30.3 Å². The predicted octanol–water partition coefficient (Wildman–Crippen LogP) is 2.55. The van der Waals surface area contributed by atoms with Gasteiger partial charge in [0.25, 0.3) is 5.91 Å². The molecule has 0 amide bonds. The third-order valence-electron chi connectivity index (χ3n) is 4.18. The molecule has 1 aromatic heterocycles. The van der Waals surface area contributed by atoms with E-state index >= 15 is 0 Å². The smallest absolute Gasteiger partial charge is 0.274 e. The van der Waals surface area contributed by atoms with E-state index in [-0.39, 0.29) is 5.91 Å². The molecule has 22 heavy (non-hydrogen) atoms. The summed E-state index contributed by atoms with van der Waals surface area (Å²) >= 11 is 0. The monoisotopic (exact) mass is 296 g/mol. The normalized spacial score (nSPS) is 18.0. The van der Waals surface area contributed by atoms with Crippen molar-refractivity contribution in [3.63, 3.8) is 0 Å².